The summed E-state index contributed by atoms with van der Waals surface area (Å²) in [5.74, 6) is 4.77. The van der Waals surface area contributed by atoms with Gasteiger partial charge in [0.25, 0.3) is 0 Å². The molecule has 19 heavy (non-hydrogen) atoms. The van der Waals surface area contributed by atoms with E-state index in [2.05, 4.69) is 20.8 Å². The zero-order valence-electron chi connectivity index (χ0n) is 13.4. The Morgan fingerprint density at radius 2 is 1.74 bits per heavy atom. The lowest BCUT2D eigenvalue weighted by molar-refractivity contribution is 0.164. The van der Waals surface area contributed by atoms with Crippen LogP contribution in [0.4, 0.5) is 0 Å². The van der Waals surface area contributed by atoms with E-state index in [0.717, 1.165) is 23.7 Å². The standard InChI is InChI=1S/C19H35/c1-15(2)11-12-19(14-17-8-4-5-9-17)18-10-6-7-16(3)13-18/h15-19H,1,4-14H2,2-3H3. The van der Waals surface area contributed by atoms with Gasteiger partial charge in [-0.05, 0) is 48.9 Å². The van der Waals surface area contributed by atoms with Crippen molar-refractivity contribution < 1.29 is 0 Å². The Bertz CT molecular complexity index is 236. The molecule has 0 heterocycles. The van der Waals surface area contributed by atoms with Crippen molar-refractivity contribution in [2.45, 2.75) is 84.5 Å². The van der Waals surface area contributed by atoms with E-state index in [1.54, 1.807) is 6.42 Å². The fourth-order valence-corrected chi connectivity index (χ4v) is 4.63. The van der Waals surface area contributed by atoms with Gasteiger partial charge in [-0.1, -0.05) is 72.1 Å². The predicted octanol–water partition coefficient (Wildman–Crippen LogP) is 6.26. The van der Waals surface area contributed by atoms with Crippen molar-refractivity contribution in [3.8, 4) is 0 Å². The molecule has 0 aromatic heterocycles. The monoisotopic (exact) mass is 263 g/mol. The molecule has 0 aliphatic heterocycles. The largest absolute Gasteiger partial charge is 0.0625 e. The second-order valence-corrected chi connectivity index (χ2v) is 7.86. The highest BCUT2D eigenvalue weighted by Gasteiger charge is 2.29. The predicted molar refractivity (Wildman–Crippen MR) is 84.9 cm³/mol. The maximum Gasteiger partial charge on any atom is -0.0383 e. The molecule has 4 atom stereocenters. The molecule has 0 bridgehead atoms. The topological polar surface area (TPSA) is 0 Å². The third kappa shape index (κ3) is 5.12. The minimum atomic E-state index is 0.645. The Balaban J connectivity index is 1.87. The molecule has 2 fully saturated rings. The summed E-state index contributed by atoms with van der Waals surface area (Å²) in [6, 6.07) is 0. The zero-order valence-corrected chi connectivity index (χ0v) is 13.4. The molecule has 2 aliphatic rings. The Kier molecular flexibility index (Phi) is 6.23. The van der Waals surface area contributed by atoms with Crippen molar-refractivity contribution in [3.05, 3.63) is 6.92 Å². The molecule has 0 heteroatoms. The molecule has 0 N–H and O–H groups in total. The lowest BCUT2D eigenvalue weighted by atomic mass is 9.71. The number of rotatable bonds is 6. The van der Waals surface area contributed by atoms with Crippen molar-refractivity contribution in [2.75, 3.05) is 0 Å². The molecule has 2 saturated carbocycles. The highest BCUT2D eigenvalue weighted by Crippen LogP contribution is 2.41. The van der Waals surface area contributed by atoms with Crippen molar-refractivity contribution in [1.29, 1.82) is 0 Å². The maximum atomic E-state index is 4.20. The van der Waals surface area contributed by atoms with Crippen molar-refractivity contribution in [1.82, 2.24) is 0 Å². The average molecular weight is 263 g/mol. The smallest absolute Gasteiger partial charge is 0.0383 e. The van der Waals surface area contributed by atoms with Gasteiger partial charge in [0.2, 0.25) is 0 Å². The van der Waals surface area contributed by atoms with Gasteiger partial charge < -0.3 is 0 Å². The molecule has 2 rings (SSSR count). The third-order valence-corrected chi connectivity index (χ3v) is 5.78. The molecule has 0 aromatic carbocycles. The third-order valence-electron chi connectivity index (χ3n) is 5.78. The Morgan fingerprint density at radius 3 is 2.37 bits per heavy atom. The van der Waals surface area contributed by atoms with Gasteiger partial charge in [-0.3, -0.25) is 0 Å². The van der Waals surface area contributed by atoms with E-state index in [1.807, 2.05) is 0 Å². The number of hydrogen-bond donors (Lipinski definition) is 0. The van der Waals surface area contributed by atoms with Gasteiger partial charge in [0.05, 0.1) is 0 Å². The fourth-order valence-electron chi connectivity index (χ4n) is 4.63. The molecule has 0 saturated heterocycles. The fraction of sp³-hybridized carbons (Fsp3) is 0.947. The van der Waals surface area contributed by atoms with Gasteiger partial charge in [0.15, 0.2) is 0 Å². The molecule has 0 nitrogen and oxygen atoms in total. The van der Waals surface area contributed by atoms with Crippen LogP contribution in [-0.2, 0) is 0 Å². The molecule has 4 unspecified atom stereocenters. The Morgan fingerprint density at radius 1 is 1.00 bits per heavy atom. The molecule has 2 aliphatic carbocycles. The summed E-state index contributed by atoms with van der Waals surface area (Å²) in [6.07, 6.45) is 16.4. The van der Waals surface area contributed by atoms with Gasteiger partial charge in [-0.2, -0.15) is 0 Å². The lowest BCUT2D eigenvalue weighted by Gasteiger charge is -2.35. The van der Waals surface area contributed by atoms with Crippen LogP contribution < -0.4 is 0 Å². The van der Waals surface area contributed by atoms with Crippen molar-refractivity contribution in [2.24, 2.45) is 29.6 Å². The number of hydrogen-bond acceptors (Lipinski definition) is 0. The molecule has 0 amide bonds. The normalized spacial score (nSPS) is 30.9. The molecular formula is C19H35. The SMILES string of the molecule is [CH2]C(C)CCC(CC1CCCC1)C1CCCC(C)C1. The second kappa shape index (κ2) is 7.70. The maximum absolute atomic E-state index is 4.20. The first-order valence-electron chi connectivity index (χ1n) is 8.98. The molecular weight excluding hydrogens is 228 g/mol. The van der Waals surface area contributed by atoms with Crippen LogP contribution in [-0.4, -0.2) is 0 Å². The summed E-state index contributed by atoms with van der Waals surface area (Å²) in [5, 5.41) is 0. The van der Waals surface area contributed by atoms with E-state index in [0.29, 0.717) is 5.92 Å². The van der Waals surface area contributed by atoms with Crippen molar-refractivity contribution >= 4 is 0 Å². The molecule has 111 valence electrons. The highest BCUT2D eigenvalue weighted by molar-refractivity contribution is 4.81. The van der Waals surface area contributed by atoms with Gasteiger partial charge >= 0.3 is 0 Å². The van der Waals surface area contributed by atoms with E-state index in [4.69, 9.17) is 0 Å². The van der Waals surface area contributed by atoms with Crippen molar-refractivity contribution in [3.63, 3.8) is 0 Å². The molecule has 0 spiro atoms. The molecule has 1 radical (unpaired) electrons. The minimum absolute atomic E-state index is 0.645. The van der Waals surface area contributed by atoms with Crippen LogP contribution in [0.15, 0.2) is 0 Å². The van der Waals surface area contributed by atoms with E-state index in [1.165, 1.54) is 64.2 Å². The summed E-state index contributed by atoms with van der Waals surface area (Å²) in [5.41, 5.74) is 0. The quantitative estimate of drug-likeness (QED) is 0.530. The van der Waals surface area contributed by atoms with E-state index in [9.17, 15) is 0 Å². The van der Waals surface area contributed by atoms with Crippen LogP contribution in [0, 0.1) is 36.5 Å². The van der Waals surface area contributed by atoms with Gasteiger partial charge in [0.1, 0.15) is 0 Å². The summed E-state index contributed by atoms with van der Waals surface area (Å²) in [4.78, 5) is 0. The van der Waals surface area contributed by atoms with Gasteiger partial charge in [-0.25, -0.2) is 0 Å². The van der Waals surface area contributed by atoms with Crippen LogP contribution in [0.3, 0.4) is 0 Å². The first kappa shape index (κ1) is 15.4. The van der Waals surface area contributed by atoms with E-state index < -0.39 is 0 Å². The first-order chi connectivity index (χ1) is 9.15. The van der Waals surface area contributed by atoms with Crippen LogP contribution in [0.5, 0.6) is 0 Å². The van der Waals surface area contributed by atoms with Crippen LogP contribution in [0.2, 0.25) is 0 Å². The molecule has 0 aromatic rings. The summed E-state index contributed by atoms with van der Waals surface area (Å²) < 4.78 is 0. The summed E-state index contributed by atoms with van der Waals surface area (Å²) in [6.45, 7) is 8.97. The van der Waals surface area contributed by atoms with Gasteiger partial charge in [-0.15, -0.1) is 0 Å². The second-order valence-electron chi connectivity index (χ2n) is 7.86. The summed E-state index contributed by atoms with van der Waals surface area (Å²) >= 11 is 0. The van der Waals surface area contributed by atoms with Crippen LogP contribution in [0.1, 0.15) is 84.5 Å². The lowest BCUT2D eigenvalue weighted by Crippen LogP contribution is -2.24. The highest BCUT2D eigenvalue weighted by atomic mass is 14.3. The Hall–Kier alpha value is 0. The van der Waals surface area contributed by atoms with Crippen LogP contribution in [0.25, 0.3) is 0 Å². The Labute approximate surface area is 121 Å². The van der Waals surface area contributed by atoms with Gasteiger partial charge in [0, 0.05) is 0 Å². The zero-order chi connectivity index (χ0) is 13.7. The summed E-state index contributed by atoms with van der Waals surface area (Å²) in [7, 11) is 0. The minimum Gasteiger partial charge on any atom is -0.0625 e. The van der Waals surface area contributed by atoms with Crippen LogP contribution >= 0.6 is 0 Å². The van der Waals surface area contributed by atoms with E-state index >= 15 is 0 Å². The van der Waals surface area contributed by atoms with E-state index in [-0.39, 0.29) is 0 Å². The first-order valence-corrected chi connectivity index (χ1v) is 8.98. The average Bonchev–Trinajstić information content (AvgIpc) is 2.87.